The minimum Gasteiger partial charge on any atom is -0.477 e. The van der Waals surface area contributed by atoms with Crippen LogP contribution in [-0.4, -0.2) is 165 Å². The number of carbonyl (C=O) groups is 4. The Labute approximate surface area is 825 Å². The van der Waals surface area contributed by atoms with Gasteiger partial charge >= 0.3 is 12.1 Å². The zero-order valence-electron chi connectivity index (χ0n) is 73.0. The van der Waals surface area contributed by atoms with E-state index in [1.165, 1.54) is 51.8 Å². The van der Waals surface area contributed by atoms with Crippen molar-refractivity contribution in [3.63, 3.8) is 0 Å². The molecule has 0 aliphatic carbocycles. The molecule has 7 aromatic carbocycles. The lowest BCUT2D eigenvalue weighted by Gasteiger charge is -2.15. The summed E-state index contributed by atoms with van der Waals surface area (Å²) >= 11 is 57.1. The fourth-order valence-electron chi connectivity index (χ4n) is 10.6. The second-order valence-corrected chi connectivity index (χ2v) is 29.8. The molecule has 134 heavy (non-hydrogen) atoms. The maximum Gasteiger partial charge on any atom is 0.373 e. The Morgan fingerprint density at radius 2 is 1.07 bits per heavy atom. The molecule has 16 rings (SSSR count). The Hall–Kier alpha value is -12.4. The number of amides is 1. The summed E-state index contributed by atoms with van der Waals surface area (Å²) in [5.41, 5.74) is 16.7. The van der Waals surface area contributed by atoms with Crippen LogP contribution < -0.4 is 42.2 Å². The molecular formula is C89H88Cl11N21O13. The minimum atomic E-state index is -0.446. The van der Waals surface area contributed by atoms with E-state index in [1.807, 2.05) is 103 Å². The monoisotopic (exact) mass is 2040 g/mol. The van der Waals surface area contributed by atoms with Gasteiger partial charge < -0.3 is 45.5 Å². The van der Waals surface area contributed by atoms with Crippen LogP contribution in [0.5, 0.6) is 11.8 Å². The van der Waals surface area contributed by atoms with Gasteiger partial charge in [-0.05, 0) is 189 Å². The van der Waals surface area contributed by atoms with Crippen molar-refractivity contribution >= 4 is 232 Å². The number of nitrogens with one attached hydrogen (secondary N) is 4. The van der Waals surface area contributed by atoms with Crippen LogP contribution in [0, 0.1) is 0 Å². The Balaban J connectivity index is 0.000000277. The lowest BCUT2D eigenvalue weighted by Crippen LogP contribution is -2.27. The molecule has 0 radical (unpaired) electrons. The lowest BCUT2D eigenvalue weighted by molar-refractivity contribution is -0.191. The summed E-state index contributed by atoms with van der Waals surface area (Å²) in [5, 5.41) is 24.8. The Bertz CT molecular complexity index is 6270. The van der Waals surface area contributed by atoms with Gasteiger partial charge in [0.05, 0.1) is 87.8 Å². The molecular weight excluding hydrogens is 1960 g/mol. The van der Waals surface area contributed by atoms with Crippen molar-refractivity contribution in [2.75, 3.05) is 76.4 Å². The lowest BCUT2D eigenvalue weighted by atomic mass is 10.0. The highest BCUT2D eigenvalue weighted by Gasteiger charge is 2.21. The third-order valence-corrected chi connectivity index (χ3v) is 18.6. The molecule has 0 atom stereocenters. The number of hydrogen-bond donors (Lipinski definition) is 5. The zero-order chi connectivity index (χ0) is 97.3. The Morgan fingerprint density at radius 1 is 0.575 bits per heavy atom. The molecule has 0 unspecified atom stereocenters. The molecule has 0 spiro atoms. The van der Waals surface area contributed by atoms with Gasteiger partial charge in [-0.15, -0.1) is 12.4 Å². The molecule has 9 heterocycles. The Morgan fingerprint density at radius 3 is 1.56 bits per heavy atom. The van der Waals surface area contributed by atoms with Crippen molar-refractivity contribution in [1.29, 1.82) is 0 Å². The highest BCUT2D eigenvalue weighted by atomic mass is 35.5. The number of ether oxygens (including phenoxy) is 4. The average Bonchev–Trinajstić information content (AvgIpc) is 1.05. The summed E-state index contributed by atoms with van der Waals surface area (Å²) in [5.74, 6) is 0.829. The molecule has 704 valence electrons. The van der Waals surface area contributed by atoms with Gasteiger partial charge in [0.2, 0.25) is 5.88 Å². The molecule has 6 N–H and O–H groups in total. The van der Waals surface area contributed by atoms with Crippen molar-refractivity contribution in [3.8, 4) is 28.6 Å². The molecule has 8 aromatic heterocycles. The van der Waals surface area contributed by atoms with Crippen LogP contribution >= 0.6 is 128 Å². The maximum absolute atomic E-state index is 13.7. The number of nitrogens with two attached hydrogens (primary N) is 1. The van der Waals surface area contributed by atoms with Crippen molar-refractivity contribution < 1.29 is 57.4 Å². The van der Waals surface area contributed by atoms with Crippen molar-refractivity contribution in [2.45, 2.75) is 47.0 Å². The number of pyridine rings is 1. The summed E-state index contributed by atoms with van der Waals surface area (Å²) in [7, 11) is 9.89. The summed E-state index contributed by atoms with van der Waals surface area (Å²) in [6.07, 6.45) is 16.1. The molecule has 1 fully saturated rings. The zero-order valence-corrected chi connectivity index (χ0v) is 81.4. The van der Waals surface area contributed by atoms with Crippen LogP contribution in [0.3, 0.4) is 0 Å². The molecule has 45 heteroatoms. The second-order valence-electron chi connectivity index (χ2n) is 25.7. The number of aldehydes is 1. The van der Waals surface area contributed by atoms with E-state index in [0.717, 1.165) is 73.3 Å². The predicted molar refractivity (Wildman–Crippen MR) is 526 cm³/mol. The van der Waals surface area contributed by atoms with Gasteiger partial charge in [-0.25, -0.2) is 50.4 Å². The van der Waals surface area contributed by atoms with E-state index >= 15 is 0 Å². The third kappa shape index (κ3) is 38.6. The van der Waals surface area contributed by atoms with Crippen molar-refractivity contribution in [3.05, 3.63) is 292 Å². The van der Waals surface area contributed by atoms with Crippen LogP contribution in [0.1, 0.15) is 67.1 Å². The highest BCUT2D eigenvalue weighted by Crippen LogP contribution is 2.30. The average molecular weight is 2050 g/mol. The first-order valence-corrected chi connectivity index (χ1v) is 43.1. The van der Waals surface area contributed by atoms with Crippen LogP contribution in [0.25, 0.3) is 49.8 Å². The van der Waals surface area contributed by atoms with Crippen LogP contribution in [0.4, 0.5) is 40.2 Å². The van der Waals surface area contributed by atoms with E-state index in [9.17, 15) is 24.0 Å². The van der Waals surface area contributed by atoms with Crippen LogP contribution in [0.15, 0.2) is 218 Å². The maximum atomic E-state index is 13.7. The number of hydroxylamine groups is 3. The van der Waals surface area contributed by atoms with Crippen LogP contribution in [0.2, 0.25) is 50.9 Å². The molecule has 0 bridgehead atoms. The number of nitrogen functional groups attached to an aromatic ring is 1. The topological polar surface area (TPSA) is 422 Å². The van der Waals surface area contributed by atoms with E-state index in [4.69, 9.17) is 150 Å². The minimum absolute atomic E-state index is 0. The summed E-state index contributed by atoms with van der Waals surface area (Å²) < 4.78 is 24.8. The SMILES string of the molecule is C1CCOC1.CC.CCOC(=O)Cc1ccc2nn(C)cc2c1.CCOc1cnc2cc(-c3ccc4nn(C)cc4c3)c(=O)n(-c3ccc(Cl)cc3)c2n1.CNOC.CON(C)C(=O)c1ncc(Cl)nc1Nc1ccc(Cl)cc1.Cl.Clc1ccc(Nc2cncc(Cl)n2)cc1.Nc1ccc(Cl)cc1.O=C=O.O=COc1ncc(Cl)nc1Cl.O=Cc1ncc(Cl)nc1Nc1ccc(Cl)cc1. The predicted octanol–water partition coefficient (Wildman–Crippen LogP) is 20.8. The molecule has 15 aromatic rings. The third-order valence-electron chi connectivity index (χ3n) is 16.4. The van der Waals surface area contributed by atoms with Crippen molar-refractivity contribution in [1.82, 2.24) is 84.5 Å². The number of hydrogen-bond acceptors (Lipinski definition) is 30. The van der Waals surface area contributed by atoms with Gasteiger partial charge in [0.1, 0.15) is 31.8 Å². The standard InChI is InChI=1S/C23H18ClN5O2.C13H12Cl2N4O2.C12H14N2O2.C11H7Cl2N3O.C10H7Cl2N3.C6H6ClN.C5H2Cl2N2O2.C4H8O.C2H7NO.C2H6.CO2.ClH/c1-3-31-21-12-25-20-11-18(14-4-9-19-15(10-14)13-28(2)27-19)23(30)29(22(20)26-21)17-7-5-16(24)6-8-17;1-19(21-2)13(20)11-12(18-10(15)7-16-11)17-9-5-3-8(14)4-6-9;1-3-16-12(15)7-9-4-5-11-10(6-9)8-14(2)13-11;12-7-1-3-8(4-2-7)15-11-9(6-17)14-5-10(13)16-11;11-7-1-3-8(4-2-7)14-10-6-13-5-9(12)15-10;7-5-1-3-6(8)4-2-5;6-3-1-8-5(11-2-10)4(7)9-3;1-2-4-5-3-1;1-3-4-2;1-2;2-1-3;/h4-13H,3H2,1-2H3;3-7H,1-2H3,(H,17,18);4-6,8H,3,7H2,1-2H3;1-6H,(H,15,16);1-6H,(H,14,15);1-4H,8H2;1-2H;1-4H2;3H,1-2H3;1-2H3;;1H. The first kappa shape index (κ1) is 112. The molecule has 34 nitrogen and oxygen atoms in total. The molecule has 1 amide bonds. The largest absolute Gasteiger partial charge is 0.477 e. The number of fused-ring (bicyclic) bond motifs is 3. The number of anilines is 7. The number of benzene rings is 7. The van der Waals surface area contributed by atoms with Gasteiger partial charge in [-0.2, -0.15) is 24.8 Å². The van der Waals surface area contributed by atoms with Gasteiger partial charge in [-0.1, -0.05) is 142 Å². The quantitative estimate of drug-likeness (QED) is 0.0217. The summed E-state index contributed by atoms with van der Waals surface area (Å²) in [6, 6.07) is 48.6. The van der Waals surface area contributed by atoms with E-state index in [-0.39, 0.29) is 80.3 Å². The van der Waals surface area contributed by atoms with E-state index in [0.29, 0.717) is 96.8 Å². The van der Waals surface area contributed by atoms with Gasteiger partial charge in [0, 0.05) is 118 Å². The second kappa shape index (κ2) is 60.7. The number of aromatic nitrogens is 15. The number of nitrogens with zero attached hydrogens (tertiary/aromatic N) is 16. The smallest absolute Gasteiger partial charge is 0.373 e. The number of esters is 1. The fraction of sp³-hybridized carbons (Fsp3) is 0.191. The van der Waals surface area contributed by atoms with E-state index in [1.54, 1.807) is 156 Å². The van der Waals surface area contributed by atoms with E-state index < -0.39 is 5.91 Å². The first-order chi connectivity index (χ1) is 64.0. The summed E-state index contributed by atoms with van der Waals surface area (Å²) in [6.45, 7) is 10.8. The van der Waals surface area contributed by atoms with Gasteiger partial charge in [0.25, 0.3) is 23.8 Å². The molecule has 1 aliphatic rings. The van der Waals surface area contributed by atoms with Gasteiger partial charge in [0.15, 0.2) is 40.2 Å². The van der Waals surface area contributed by atoms with E-state index in [2.05, 4.69) is 91.0 Å². The number of rotatable bonds is 19. The molecule has 0 saturated carbocycles. The van der Waals surface area contributed by atoms with Gasteiger partial charge in [-0.3, -0.25) is 47.7 Å². The number of aryl methyl sites for hydroxylation is 2. The van der Waals surface area contributed by atoms with Crippen LogP contribution in [-0.2, 0) is 58.8 Å². The molecule has 1 aliphatic heterocycles. The first-order valence-electron chi connectivity index (χ1n) is 39.3. The summed E-state index contributed by atoms with van der Waals surface area (Å²) in [4.78, 5) is 123. The fourth-order valence-corrected chi connectivity index (χ4v) is 12.0. The highest BCUT2D eigenvalue weighted by molar-refractivity contribution is 6.34. The normalized spacial score (nSPS) is 10.4. The molecule has 1 saturated heterocycles. The number of halogens is 11. The number of carbonyl (C=O) groups excluding carboxylic acids is 6. The Kier molecular flexibility index (Phi) is 50.8. The van der Waals surface area contributed by atoms with Crippen molar-refractivity contribution in [2.24, 2.45) is 14.1 Å².